The molecule has 2 aromatic carbocycles. The number of hydrogen-bond acceptors (Lipinski definition) is 2. The average Bonchev–Trinajstić information content (AvgIpc) is 2.45. The predicted octanol–water partition coefficient (Wildman–Crippen LogP) is 2.54. The van der Waals surface area contributed by atoms with Crippen LogP contribution in [0.2, 0.25) is 0 Å². The van der Waals surface area contributed by atoms with Gasteiger partial charge in [-0.15, -0.1) is 0 Å². The Kier molecular flexibility index (Phi) is 4.73. The molecule has 2 aromatic rings. The Balaban J connectivity index is 2.04. The minimum atomic E-state index is -0.984. The van der Waals surface area contributed by atoms with Crippen molar-refractivity contribution in [3.63, 3.8) is 0 Å². The van der Waals surface area contributed by atoms with Gasteiger partial charge in [-0.25, -0.2) is 0 Å². The fourth-order valence-corrected chi connectivity index (χ4v) is 2.30. The number of hydrogen-bond donors (Lipinski definition) is 0. The summed E-state index contributed by atoms with van der Waals surface area (Å²) >= 11 is 0. The first kappa shape index (κ1) is 13.3. The van der Waals surface area contributed by atoms with Crippen molar-refractivity contribution < 1.29 is 9.90 Å². The van der Waals surface area contributed by atoms with Crippen LogP contribution in [-0.4, -0.2) is 5.97 Å². The van der Waals surface area contributed by atoms with Crippen molar-refractivity contribution in [1.29, 1.82) is 0 Å². The van der Waals surface area contributed by atoms with Gasteiger partial charge in [-0.3, -0.25) is 0 Å². The van der Waals surface area contributed by atoms with Crippen LogP contribution in [0.5, 0.6) is 0 Å². The van der Waals surface area contributed by atoms with Crippen LogP contribution in [0.3, 0.4) is 0 Å². The third kappa shape index (κ3) is 4.25. The predicted molar refractivity (Wildman–Crippen MR) is 73.6 cm³/mol. The highest BCUT2D eigenvalue weighted by atomic mass is 16.4. The number of rotatable bonds is 6. The standard InChI is InChI=1S/C17H18O2/c18-17(19)13-16(15-9-5-2-6-10-15)12-11-14-7-3-1-4-8-14/h1-10,16H,11-13H2,(H,18,19)/p-1/t16-/m1/s1. The van der Waals surface area contributed by atoms with E-state index in [4.69, 9.17) is 0 Å². The first-order valence-electron chi connectivity index (χ1n) is 6.54. The molecule has 0 saturated heterocycles. The first-order valence-corrected chi connectivity index (χ1v) is 6.54. The molecule has 19 heavy (non-hydrogen) atoms. The smallest absolute Gasteiger partial charge is 0.0420 e. The van der Waals surface area contributed by atoms with Gasteiger partial charge in [0.05, 0.1) is 0 Å². The van der Waals surface area contributed by atoms with Crippen molar-refractivity contribution >= 4 is 5.97 Å². The summed E-state index contributed by atoms with van der Waals surface area (Å²) in [5.74, 6) is -0.965. The zero-order valence-corrected chi connectivity index (χ0v) is 10.8. The molecule has 0 heterocycles. The molecule has 1 atom stereocenters. The number of carboxylic acid groups (broad SMARTS) is 1. The lowest BCUT2D eigenvalue weighted by Gasteiger charge is -2.18. The van der Waals surface area contributed by atoms with Gasteiger partial charge in [-0.2, -0.15) is 0 Å². The van der Waals surface area contributed by atoms with Crippen LogP contribution in [-0.2, 0) is 11.2 Å². The van der Waals surface area contributed by atoms with E-state index in [1.807, 2.05) is 48.5 Å². The SMILES string of the molecule is O=C([O-])C[C@@H](CCc1ccccc1)c1ccccc1. The maximum atomic E-state index is 10.9. The van der Waals surface area contributed by atoms with Gasteiger partial charge in [-0.1, -0.05) is 60.7 Å². The molecule has 2 nitrogen and oxygen atoms in total. The van der Waals surface area contributed by atoms with Crippen LogP contribution in [0.15, 0.2) is 60.7 Å². The van der Waals surface area contributed by atoms with Crippen molar-refractivity contribution in [2.75, 3.05) is 0 Å². The molecule has 98 valence electrons. The summed E-state index contributed by atoms with van der Waals surface area (Å²) in [6.07, 6.45) is 1.78. The molecule has 0 aromatic heterocycles. The fourth-order valence-electron chi connectivity index (χ4n) is 2.30. The Morgan fingerprint density at radius 3 is 2.11 bits per heavy atom. The molecule has 0 aliphatic carbocycles. The molecule has 0 saturated carbocycles. The van der Waals surface area contributed by atoms with E-state index in [0.717, 1.165) is 18.4 Å². The highest BCUT2D eigenvalue weighted by Gasteiger charge is 2.11. The molecular formula is C17H17O2-. The zero-order chi connectivity index (χ0) is 13.5. The van der Waals surface area contributed by atoms with Crippen LogP contribution in [0.25, 0.3) is 0 Å². The van der Waals surface area contributed by atoms with Crippen molar-refractivity contribution in [1.82, 2.24) is 0 Å². The molecule has 0 amide bonds. The Morgan fingerprint density at radius 2 is 1.53 bits per heavy atom. The largest absolute Gasteiger partial charge is 0.550 e. The lowest BCUT2D eigenvalue weighted by Crippen LogP contribution is -2.24. The van der Waals surface area contributed by atoms with E-state index in [9.17, 15) is 9.90 Å². The van der Waals surface area contributed by atoms with Gasteiger partial charge in [0.1, 0.15) is 0 Å². The summed E-state index contributed by atoms with van der Waals surface area (Å²) in [5.41, 5.74) is 2.31. The average molecular weight is 253 g/mol. The van der Waals surface area contributed by atoms with Crippen LogP contribution >= 0.6 is 0 Å². The molecular weight excluding hydrogens is 236 g/mol. The van der Waals surface area contributed by atoms with E-state index in [2.05, 4.69) is 12.1 Å². The van der Waals surface area contributed by atoms with Crippen LogP contribution < -0.4 is 5.11 Å². The van der Waals surface area contributed by atoms with E-state index in [1.54, 1.807) is 0 Å². The summed E-state index contributed by atoms with van der Waals surface area (Å²) in [7, 11) is 0. The summed E-state index contributed by atoms with van der Waals surface area (Å²) in [4.78, 5) is 10.9. The minimum absolute atomic E-state index is 0.0198. The topological polar surface area (TPSA) is 40.1 Å². The van der Waals surface area contributed by atoms with E-state index >= 15 is 0 Å². The fraction of sp³-hybridized carbons (Fsp3) is 0.235. The molecule has 0 bridgehead atoms. The van der Waals surface area contributed by atoms with Crippen molar-refractivity contribution in [2.24, 2.45) is 0 Å². The van der Waals surface area contributed by atoms with Gasteiger partial charge in [-0.05, 0) is 36.3 Å². The monoisotopic (exact) mass is 253 g/mol. The van der Waals surface area contributed by atoms with Crippen molar-refractivity contribution in [3.05, 3.63) is 71.8 Å². The molecule has 0 unspecified atom stereocenters. The number of carbonyl (C=O) groups excluding carboxylic acids is 1. The molecule has 0 fully saturated rings. The molecule has 0 aliphatic heterocycles. The Labute approximate surface area is 113 Å². The number of benzene rings is 2. The number of carboxylic acids is 1. The zero-order valence-electron chi connectivity index (χ0n) is 10.8. The summed E-state index contributed by atoms with van der Waals surface area (Å²) in [6, 6.07) is 19.9. The number of aryl methyl sites for hydroxylation is 1. The molecule has 0 N–H and O–H groups in total. The minimum Gasteiger partial charge on any atom is -0.550 e. The summed E-state index contributed by atoms with van der Waals surface area (Å²) in [5, 5.41) is 10.9. The van der Waals surface area contributed by atoms with Crippen LogP contribution in [0.1, 0.15) is 29.9 Å². The quantitative estimate of drug-likeness (QED) is 0.793. The van der Waals surface area contributed by atoms with Gasteiger partial charge in [0.15, 0.2) is 0 Å². The van der Waals surface area contributed by atoms with Gasteiger partial charge in [0.25, 0.3) is 0 Å². The summed E-state index contributed by atoms with van der Waals surface area (Å²) in [6.45, 7) is 0. The molecule has 2 heteroatoms. The maximum Gasteiger partial charge on any atom is 0.0420 e. The van der Waals surface area contributed by atoms with Gasteiger partial charge >= 0.3 is 0 Å². The lowest BCUT2D eigenvalue weighted by molar-refractivity contribution is -0.306. The Bertz CT molecular complexity index is 505. The van der Waals surface area contributed by atoms with Crippen LogP contribution in [0, 0.1) is 0 Å². The second-order valence-corrected chi connectivity index (χ2v) is 4.71. The van der Waals surface area contributed by atoms with Crippen molar-refractivity contribution in [2.45, 2.75) is 25.2 Å². The van der Waals surface area contributed by atoms with E-state index in [0.29, 0.717) is 0 Å². The van der Waals surface area contributed by atoms with Gasteiger partial charge in [0.2, 0.25) is 0 Å². The second-order valence-electron chi connectivity index (χ2n) is 4.71. The maximum absolute atomic E-state index is 10.9. The number of carbonyl (C=O) groups is 1. The Hall–Kier alpha value is -2.09. The van der Waals surface area contributed by atoms with E-state index in [-0.39, 0.29) is 12.3 Å². The summed E-state index contributed by atoms with van der Waals surface area (Å²) < 4.78 is 0. The Morgan fingerprint density at radius 1 is 0.947 bits per heavy atom. The van der Waals surface area contributed by atoms with E-state index in [1.165, 1.54) is 5.56 Å². The van der Waals surface area contributed by atoms with Gasteiger partial charge in [0, 0.05) is 5.97 Å². The van der Waals surface area contributed by atoms with E-state index < -0.39 is 5.97 Å². The normalized spacial score (nSPS) is 12.0. The van der Waals surface area contributed by atoms with Gasteiger partial charge < -0.3 is 9.90 Å². The molecule has 0 aliphatic rings. The molecule has 0 radical (unpaired) electrons. The third-order valence-electron chi connectivity index (χ3n) is 3.31. The first-order chi connectivity index (χ1) is 9.25. The highest BCUT2D eigenvalue weighted by Crippen LogP contribution is 2.24. The second kappa shape index (κ2) is 6.74. The van der Waals surface area contributed by atoms with Crippen molar-refractivity contribution in [3.8, 4) is 0 Å². The highest BCUT2D eigenvalue weighted by molar-refractivity contribution is 5.65. The lowest BCUT2D eigenvalue weighted by atomic mass is 9.90. The van der Waals surface area contributed by atoms with Crippen LogP contribution in [0.4, 0.5) is 0 Å². The third-order valence-corrected chi connectivity index (χ3v) is 3.31. The molecule has 0 spiro atoms. The number of aliphatic carboxylic acids is 1. The molecule has 2 rings (SSSR count).